The van der Waals surface area contributed by atoms with Gasteiger partial charge in [0.2, 0.25) is 0 Å². The monoisotopic (exact) mass is 703 g/mol. The Morgan fingerprint density at radius 1 is 0.291 bits per heavy atom. The van der Waals surface area contributed by atoms with Crippen LogP contribution >= 0.6 is 0 Å². The third kappa shape index (κ3) is 5.36. The molecule has 3 heteroatoms. The van der Waals surface area contributed by atoms with E-state index in [1.807, 2.05) is 24.3 Å². The molecule has 2 aromatic heterocycles. The smallest absolute Gasteiger partial charge is 0.136 e. The highest BCUT2D eigenvalue weighted by atomic mass is 16.3. The summed E-state index contributed by atoms with van der Waals surface area (Å²) in [5.74, 6) is 0. The van der Waals surface area contributed by atoms with Gasteiger partial charge in [0.25, 0.3) is 0 Å². The van der Waals surface area contributed by atoms with E-state index < -0.39 is 0 Å². The van der Waals surface area contributed by atoms with Gasteiger partial charge < -0.3 is 13.7 Å². The Morgan fingerprint density at radius 3 is 1.73 bits per heavy atom. The third-order valence-electron chi connectivity index (χ3n) is 10.8. The van der Waals surface area contributed by atoms with Crippen molar-refractivity contribution < 1.29 is 8.83 Å². The minimum Gasteiger partial charge on any atom is -0.456 e. The van der Waals surface area contributed by atoms with E-state index in [1.165, 1.54) is 16.3 Å². The van der Waals surface area contributed by atoms with E-state index in [1.54, 1.807) is 0 Å². The highest BCUT2D eigenvalue weighted by molar-refractivity contribution is 6.08. The predicted molar refractivity (Wildman–Crippen MR) is 229 cm³/mol. The van der Waals surface area contributed by atoms with Crippen LogP contribution in [-0.4, -0.2) is 0 Å². The first-order valence-corrected chi connectivity index (χ1v) is 18.7. The van der Waals surface area contributed by atoms with Gasteiger partial charge in [0.15, 0.2) is 0 Å². The van der Waals surface area contributed by atoms with Gasteiger partial charge in [-0.3, -0.25) is 0 Å². The number of nitrogens with zero attached hydrogens (tertiary/aromatic N) is 1. The maximum absolute atomic E-state index is 6.33. The lowest BCUT2D eigenvalue weighted by Crippen LogP contribution is -2.11. The van der Waals surface area contributed by atoms with Crippen molar-refractivity contribution in [2.45, 2.75) is 0 Å². The highest BCUT2D eigenvalue weighted by Gasteiger charge is 2.21. The number of para-hydroxylation sites is 2. The van der Waals surface area contributed by atoms with Crippen molar-refractivity contribution in [2.75, 3.05) is 4.90 Å². The normalized spacial score (nSPS) is 11.6. The minimum atomic E-state index is 0.867. The number of rotatable bonds is 6. The van der Waals surface area contributed by atoms with E-state index in [2.05, 4.69) is 181 Å². The van der Waals surface area contributed by atoms with Crippen molar-refractivity contribution >= 4 is 71.7 Å². The lowest BCUT2D eigenvalue weighted by Gasteiger charge is -2.29. The van der Waals surface area contributed by atoms with Crippen molar-refractivity contribution in [1.29, 1.82) is 0 Å². The lowest BCUT2D eigenvalue weighted by molar-refractivity contribution is 0.668. The van der Waals surface area contributed by atoms with E-state index >= 15 is 0 Å². The van der Waals surface area contributed by atoms with Crippen LogP contribution in [-0.2, 0) is 0 Å². The van der Waals surface area contributed by atoms with Crippen molar-refractivity contribution in [3.8, 4) is 33.4 Å². The molecule has 0 unspecified atom stereocenters. The molecule has 258 valence electrons. The molecule has 0 fully saturated rings. The van der Waals surface area contributed by atoms with Gasteiger partial charge in [0.05, 0.1) is 5.69 Å². The summed E-state index contributed by atoms with van der Waals surface area (Å²) in [5, 5.41) is 6.88. The second-order valence-electron chi connectivity index (χ2n) is 14.1. The summed E-state index contributed by atoms with van der Waals surface area (Å²) < 4.78 is 12.6. The van der Waals surface area contributed by atoms with Gasteiger partial charge in [0, 0.05) is 38.5 Å². The van der Waals surface area contributed by atoms with Crippen molar-refractivity contribution in [1.82, 2.24) is 0 Å². The highest BCUT2D eigenvalue weighted by Crippen LogP contribution is 2.45. The standard InChI is InChI=1S/C52H33NO2/c1-2-12-35(13-3-1)43-26-23-39(38-22-21-34-11-4-5-14-36(34)29-38)31-48(43)53(42-25-28-51-47(33-42)45-18-7-9-20-50(45)54-51)41-16-10-15-37(30-41)40-24-27-46-44-17-6-8-19-49(44)55-52(46)32-40/h1-33H. The van der Waals surface area contributed by atoms with Crippen LogP contribution in [0.2, 0.25) is 0 Å². The third-order valence-corrected chi connectivity index (χ3v) is 10.8. The molecule has 0 aliphatic heterocycles. The minimum absolute atomic E-state index is 0.867. The number of anilines is 3. The average Bonchev–Trinajstić information content (AvgIpc) is 3.82. The van der Waals surface area contributed by atoms with Crippen molar-refractivity contribution in [3.05, 3.63) is 200 Å². The molecule has 0 atom stereocenters. The zero-order valence-corrected chi connectivity index (χ0v) is 29.8. The molecule has 0 N–H and O–H groups in total. The number of benzene rings is 9. The van der Waals surface area contributed by atoms with Crippen LogP contribution in [0.25, 0.3) is 88.0 Å². The number of hydrogen-bond acceptors (Lipinski definition) is 3. The molecule has 0 amide bonds. The van der Waals surface area contributed by atoms with Crippen molar-refractivity contribution in [2.24, 2.45) is 0 Å². The van der Waals surface area contributed by atoms with Gasteiger partial charge in [-0.2, -0.15) is 0 Å². The SMILES string of the molecule is c1ccc(-c2ccc(-c3ccc4ccccc4c3)cc2N(c2cccc(-c3ccc4c(c3)oc3ccccc34)c2)c2ccc3oc4ccccc4c3c2)cc1. The van der Waals surface area contributed by atoms with Gasteiger partial charge >= 0.3 is 0 Å². The second kappa shape index (κ2) is 12.6. The van der Waals surface area contributed by atoms with Crippen LogP contribution in [0.3, 0.4) is 0 Å². The fourth-order valence-electron chi connectivity index (χ4n) is 8.14. The molecule has 55 heavy (non-hydrogen) atoms. The molecule has 11 rings (SSSR count). The Balaban J connectivity index is 1.14. The molecule has 0 spiro atoms. The summed E-state index contributed by atoms with van der Waals surface area (Å²) in [6.45, 7) is 0. The molecule has 0 aliphatic rings. The quantitative estimate of drug-likeness (QED) is 0.173. The summed E-state index contributed by atoms with van der Waals surface area (Å²) >= 11 is 0. The fraction of sp³-hybridized carbons (Fsp3) is 0. The van der Waals surface area contributed by atoms with Crippen LogP contribution in [0, 0.1) is 0 Å². The summed E-state index contributed by atoms with van der Waals surface area (Å²) in [5.41, 5.74) is 13.5. The summed E-state index contributed by atoms with van der Waals surface area (Å²) in [4.78, 5) is 2.40. The second-order valence-corrected chi connectivity index (χ2v) is 14.1. The summed E-state index contributed by atoms with van der Waals surface area (Å²) in [7, 11) is 0. The average molecular weight is 704 g/mol. The van der Waals surface area contributed by atoms with Crippen LogP contribution in [0.5, 0.6) is 0 Å². The Bertz CT molecular complexity index is 3220. The maximum Gasteiger partial charge on any atom is 0.136 e. The Hall–Kier alpha value is -7.36. The summed E-state index contributed by atoms with van der Waals surface area (Å²) in [6.07, 6.45) is 0. The summed E-state index contributed by atoms with van der Waals surface area (Å²) in [6, 6.07) is 71.3. The van der Waals surface area contributed by atoms with Gasteiger partial charge in [0.1, 0.15) is 22.3 Å². The number of furan rings is 2. The number of hydrogen-bond donors (Lipinski definition) is 0. The molecular formula is C52H33NO2. The molecule has 11 aromatic rings. The van der Waals surface area contributed by atoms with Crippen LogP contribution in [0.15, 0.2) is 209 Å². The maximum atomic E-state index is 6.33. The predicted octanol–water partition coefficient (Wildman–Crippen LogP) is 15.1. The van der Waals surface area contributed by atoms with E-state index in [0.29, 0.717) is 0 Å². The molecule has 2 heterocycles. The molecule has 3 nitrogen and oxygen atoms in total. The van der Waals surface area contributed by atoms with E-state index in [-0.39, 0.29) is 0 Å². The first-order valence-electron chi connectivity index (χ1n) is 18.7. The Kier molecular flexibility index (Phi) is 7.17. The number of fused-ring (bicyclic) bond motifs is 7. The first kappa shape index (κ1) is 31.2. The van der Waals surface area contributed by atoms with E-state index in [0.717, 1.165) is 88.8 Å². The Morgan fingerprint density at radius 2 is 0.873 bits per heavy atom. The van der Waals surface area contributed by atoms with Gasteiger partial charge in [-0.05, 0) is 105 Å². The fourth-order valence-corrected chi connectivity index (χ4v) is 8.14. The molecule has 0 bridgehead atoms. The van der Waals surface area contributed by atoms with Gasteiger partial charge in [-0.25, -0.2) is 0 Å². The first-order chi connectivity index (χ1) is 27.2. The molecule has 0 aliphatic carbocycles. The van der Waals surface area contributed by atoms with Crippen LogP contribution in [0.1, 0.15) is 0 Å². The molecule has 0 saturated carbocycles. The van der Waals surface area contributed by atoms with Gasteiger partial charge in [-0.1, -0.05) is 133 Å². The molecule has 0 radical (unpaired) electrons. The van der Waals surface area contributed by atoms with Crippen LogP contribution in [0.4, 0.5) is 17.1 Å². The van der Waals surface area contributed by atoms with Gasteiger partial charge in [-0.15, -0.1) is 0 Å². The lowest BCUT2D eigenvalue weighted by atomic mass is 9.95. The largest absolute Gasteiger partial charge is 0.456 e. The zero-order chi connectivity index (χ0) is 36.3. The molecule has 9 aromatic carbocycles. The topological polar surface area (TPSA) is 29.5 Å². The van der Waals surface area contributed by atoms with Crippen molar-refractivity contribution in [3.63, 3.8) is 0 Å². The Labute approximate surface area is 317 Å². The van der Waals surface area contributed by atoms with E-state index in [4.69, 9.17) is 8.83 Å². The van der Waals surface area contributed by atoms with Crippen LogP contribution < -0.4 is 4.90 Å². The zero-order valence-electron chi connectivity index (χ0n) is 29.8. The molecular weight excluding hydrogens is 671 g/mol. The van der Waals surface area contributed by atoms with E-state index in [9.17, 15) is 0 Å². The molecule has 0 saturated heterocycles.